The predicted octanol–water partition coefficient (Wildman–Crippen LogP) is 20.3. The Bertz CT molecular complexity index is 1060. The van der Waals surface area contributed by atoms with Gasteiger partial charge in [0.25, 0.3) is 0 Å². The molecule has 6 heteroatoms. The molecule has 404 valence electrons. The van der Waals surface area contributed by atoms with Crippen molar-refractivity contribution in [3.8, 4) is 0 Å². The van der Waals surface area contributed by atoms with Gasteiger partial charge in [-0.15, -0.1) is 0 Å². The zero-order valence-corrected chi connectivity index (χ0v) is 46.9. The molecule has 0 aromatic carbocycles. The molecule has 0 bridgehead atoms. The van der Waals surface area contributed by atoms with Gasteiger partial charge in [0.2, 0.25) is 0 Å². The molecule has 0 saturated heterocycles. The fourth-order valence-corrected chi connectivity index (χ4v) is 9.50. The summed E-state index contributed by atoms with van der Waals surface area (Å²) in [7, 11) is 0. The average Bonchev–Trinajstić information content (AvgIpc) is 3.31. The second kappa shape index (κ2) is 53.2. The lowest BCUT2D eigenvalue weighted by Crippen LogP contribution is -2.30. The number of esters is 3. The van der Waals surface area contributed by atoms with Gasteiger partial charge in [-0.05, 0) is 37.0 Å². The van der Waals surface area contributed by atoms with Gasteiger partial charge in [-0.2, -0.15) is 0 Å². The van der Waals surface area contributed by atoms with Crippen molar-refractivity contribution in [1.82, 2.24) is 0 Å². The highest BCUT2D eigenvalue weighted by atomic mass is 16.6. The quantitative estimate of drug-likeness (QED) is 0.0343. The van der Waals surface area contributed by atoms with Crippen LogP contribution in [0.2, 0.25) is 0 Å². The minimum absolute atomic E-state index is 0.0640. The van der Waals surface area contributed by atoms with Crippen molar-refractivity contribution in [3.63, 3.8) is 0 Å². The largest absolute Gasteiger partial charge is 0.462 e. The summed E-state index contributed by atoms with van der Waals surface area (Å²) in [5.74, 6) is 1.68. The number of carbonyl (C=O) groups excluding carboxylic acids is 3. The normalized spacial score (nSPS) is 12.5. The molecule has 0 aliphatic rings. The van der Waals surface area contributed by atoms with E-state index in [1.807, 2.05) is 0 Å². The van der Waals surface area contributed by atoms with E-state index in [1.54, 1.807) is 0 Å². The van der Waals surface area contributed by atoms with Crippen molar-refractivity contribution in [1.29, 1.82) is 0 Å². The highest BCUT2D eigenvalue weighted by Crippen LogP contribution is 2.19. The first kappa shape index (κ1) is 66.4. The second-order valence-electron chi connectivity index (χ2n) is 22.5. The van der Waals surface area contributed by atoms with Gasteiger partial charge in [-0.3, -0.25) is 14.4 Å². The molecule has 0 amide bonds. The summed E-state index contributed by atoms with van der Waals surface area (Å²) in [6.45, 7) is 13.8. The Morgan fingerprint density at radius 3 is 0.765 bits per heavy atom. The first-order valence-electron chi connectivity index (χ1n) is 30.6. The Morgan fingerprint density at radius 2 is 0.515 bits per heavy atom. The highest BCUT2D eigenvalue weighted by molar-refractivity contribution is 5.71. The van der Waals surface area contributed by atoms with E-state index < -0.39 is 6.10 Å². The van der Waals surface area contributed by atoms with Crippen LogP contribution in [0.4, 0.5) is 0 Å². The van der Waals surface area contributed by atoms with Gasteiger partial charge in [0, 0.05) is 19.3 Å². The lowest BCUT2D eigenvalue weighted by Gasteiger charge is -2.18. The molecule has 0 aliphatic heterocycles. The molecular weight excluding hydrogens is 841 g/mol. The van der Waals surface area contributed by atoms with Gasteiger partial charge in [0.15, 0.2) is 6.10 Å². The lowest BCUT2D eigenvalue weighted by molar-refractivity contribution is -0.167. The van der Waals surface area contributed by atoms with Gasteiger partial charge in [0.05, 0.1) is 0 Å². The minimum Gasteiger partial charge on any atom is -0.462 e. The molecule has 2 atom stereocenters. The van der Waals surface area contributed by atoms with Crippen LogP contribution in [0, 0.1) is 17.8 Å². The summed E-state index contributed by atoms with van der Waals surface area (Å²) >= 11 is 0. The fraction of sp³-hybridized carbons (Fsp3) is 0.952. The van der Waals surface area contributed by atoms with Crippen LogP contribution in [0.1, 0.15) is 343 Å². The first-order chi connectivity index (χ1) is 33.1. The van der Waals surface area contributed by atoms with Gasteiger partial charge >= 0.3 is 17.9 Å². The van der Waals surface area contributed by atoms with Crippen molar-refractivity contribution < 1.29 is 28.6 Å². The lowest BCUT2D eigenvalue weighted by atomic mass is 9.99. The van der Waals surface area contributed by atoms with Crippen molar-refractivity contribution in [2.75, 3.05) is 13.2 Å². The number of hydrogen-bond acceptors (Lipinski definition) is 6. The van der Waals surface area contributed by atoms with Crippen LogP contribution in [-0.4, -0.2) is 37.2 Å². The molecule has 0 radical (unpaired) electrons. The van der Waals surface area contributed by atoms with Crippen LogP contribution in [0.25, 0.3) is 0 Å². The van der Waals surface area contributed by atoms with E-state index in [-0.39, 0.29) is 31.1 Å². The highest BCUT2D eigenvalue weighted by Gasteiger charge is 2.19. The third-order valence-corrected chi connectivity index (χ3v) is 14.5. The van der Waals surface area contributed by atoms with E-state index in [0.717, 1.165) is 75.5 Å². The summed E-state index contributed by atoms with van der Waals surface area (Å²) in [5.41, 5.74) is 0. The van der Waals surface area contributed by atoms with Crippen molar-refractivity contribution >= 4 is 17.9 Å². The molecule has 0 N–H and O–H groups in total. The van der Waals surface area contributed by atoms with Gasteiger partial charge in [0.1, 0.15) is 13.2 Å². The van der Waals surface area contributed by atoms with Gasteiger partial charge in [-0.25, -0.2) is 0 Å². The number of ether oxygens (including phenoxy) is 3. The third-order valence-electron chi connectivity index (χ3n) is 14.5. The number of carbonyl (C=O) groups is 3. The Balaban J connectivity index is 4.18. The van der Waals surface area contributed by atoms with Crippen LogP contribution in [0.3, 0.4) is 0 Å². The van der Waals surface area contributed by atoms with E-state index in [1.165, 1.54) is 225 Å². The SMILES string of the molecule is CCC(C)CCCCCCCCCCCCCCCCCCCCC(=O)O[C@@H](COC(=O)CCCCCCCCCCCCCCCCCCC(C)C)COC(=O)CCCCCCCCC(C)C. The molecule has 1 unspecified atom stereocenters. The monoisotopic (exact) mass is 961 g/mol. The average molecular weight is 962 g/mol. The maximum absolute atomic E-state index is 12.9. The Kier molecular flexibility index (Phi) is 52.0. The summed E-state index contributed by atoms with van der Waals surface area (Å²) < 4.78 is 16.9. The zero-order chi connectivity index (χ0) is 49.8. The zero-order valence-electron chi connectivity index (χ0n) is 46.9. The van der Waals surface area contributed by atoms with Crippen molar-refractivity contribution in [3.05, 3.63) is 0 Å². The second-order valence-corrected chi connectivity index (χ2v) is 22.5. The third kappa shape index (κ3) is 53.8. The summed E-state index contributed by atoms with van der Waals surface area (Å²) in [5, 5.41) is 0. The molecule has 0 aliphatic carbocycles. The van der Waals surface area contributed by atoms with Crippen LogP contribution < -0.4 is 0 Å². The smallest absolute Gasteiger partial charge is 0.306 e. The summed E-state index contributed by atoms with van der Waals surface area (Å²) in [6, 6.07) is 0. The van der Waals surface area contributed by atoms with Crippen molar-refractivity contribution in [2.24, 2.45) is 17.8 Å². The van der Waals surface area contributed by atoms with E-state index in [2.05, 4.69) is 41.5 Å². The van der Waals surface area contributed by atoms with E-state index in [0.29, 0.717) is 19.3 Å². The Morgan fingerprint density at radius 1 is 0.294 bits per heavy atom. The maximum Gasteiger partial charge on any atom is 0.306 e. The number of unbranched alkanes of at least 4 members (excludes halogenated alkanes) is 37. The van der Waals surface area contributed by atoms with Crippen LogP contribution >= 0.6 is 0 Å². The number of hydrogen-bond donors (Lipinski definition) is 0. The molecule has 0 aromatic rings. The maximum atomic E-state index is 12.9. The van der Waals surface area contributed by atoms with Crippen molar-refractivity contribution in [2.45, 2.75) is 349 Å². The van der Waals surface area contributed by atoms with E-state index >= 15 is 0 Å². The van der Waals surface area contributed by atoms with E-state index in [4.69, 9.17) is 14.2 Å². The van der Waals surface area contributed by atoms with Gasteiger partial charge in [-0.1, -0.05) is 305 Å². The molecule has 0 heterocycles. The Hall–Kier alpha value is -1.59. The van der Waals surface area contributed by atoms with Crippen LogP contribution in [0.15, 0.2) is 0 Å². The summed E-state index contributed by atoms with van der Waals surface area (Å²) in [4.78, 5) is 38.1. The fourth-order valence-electron chi connectivity index (χ4n) is 9.50. The Labute approximate surface area is 425 Å². The standard InChI is InChI=1S/C62H120O6/c1-7-58(6)50-44-38-31-27-23-19-15-10-8-9-11-17-21-25-29-33-41-47-53-62(65)68-59(55-67-61(64)52-46-40-35-34-37-43-49-57(4)5)54-66-60(63)51-45-39-32-28-24-20-16-13-12-14-18-22-26-30-36-42-48-56(2)3/h56-59H,7-55H2,1-6H3/t58?,59-/m0/s1. The molecule has 0 saturated carbocycles. The van der Waals surface area contributed by atoms with Crippen LogP contribution in [0.5, 0.6) is 0 Å². The minimum atomic E-state index is -0.764. The first-order valence-corrected chi connectivity index (χ1v) is 30.6. The number of rotatable bonds is 55. The van der Waals surface area contributed by atoms with Gasteiger partial charge < -0.3 is 14.2 Å². The van der Waals surface area contributed by atoms with Crippen LogP contribution in [-0.2, 0) is 28.6 Å². The molecule has 6 nitrogen and oxygen atoms in total. The molecular formula is C62H120O6. The summed E-state index contributed by atoms with van der Waals surface area (Å²) in [6.07, 6.45) is 56.9. The topological polar surface area (TPSA) is 78.9 Å². The molecule has 68 heavy (non-hydrogen) atoms. The predicted molar refractivity (Wildman–Crippen MR) is 293 cm³/mol. The molecule has 0 spiro atoms. The van der Waals surface area contributed by atoms with E-state index in [9.17, 15) is 14.4 Å². The molecule has 0 fully saturated rings. The molecule has 0 aromatic heterocycles. The molecule has 0 rings (SSSR count).